The molecule has 10 atom stereocenters. The Balaban J connectivity index is 1.54. The van der Waals surface area contributed by atoms with E-state index in [1.165, 1.54) is 51.9 Å². The first-order valence-corrected chi connectivity index (χ1v) is 14.8. The van der Waals surface area contributed by atoms with E-state index in [1.807, 2.05) is 0 Å². The van der Waals surface area contributed by atoms with Crippen molar-refractivity contribution in [3.05, 3.63) is 0 Å². The number of Topliss-reactive ketones (excluding diaryl/α,β-unsaturated/α-hetero) is 1. The maximum Gasteiger partial charge on any atom is 0.303 e. The molecule has 3 nitrogen and oxygen atoms in total. The number of fused-ring (bicyclic) bond motifs is 7. The van der Waals surface area contributed by atoms with Crippen molar-refractivity contribution in [2.24, 2.45) is 62.6 Å². The van der Waals surface area contributed by atoms with Crippen LogP contribution in [0.25, 0.3) is 0 Å². The van der Waals surface area contributed by atoms with Crippen LogP contribution in [0.3, 0.4) is 0 Å². The van der Waals surface area contributed by atoms with Crippen molar-refractivity contribution in [2.75, 3.05) is 0 Å². The van der Waals surface area contributed by atoms with E-state index < -0.39 is 11.5 Å². The van der Waals surface area contributed by atoms with E-state index >= 15 is 0 Å². The minimum absolute atomic E-state index is 0.0341. The van der Waals surface area contributed by atoms with Crippen LogP contribution in [0, 0.1) is 62.6 Å². The van der Waals surface area contributed by atoms with Crippen LogP contribution in [0.15, 0.2) is 0 Å². The average molecular weight is 485 g/mol. The molecule has 198 valence electrons. The van der Waals surface area contributed by atoms with Gasteiger partial charge in [0, 0.05) is 12.3 Å². The van der Waals surface area contributed by atoms with E-state index in [2.05, 4.69) is 55.4 Å². The van der Waals surface area contributed by atoms with Crippen LogP contribution >= 0.6 is 0 Å². The maximum atomic E-state index is 13.5. The fraction of sp³-hybridized carbons (Fsp3) is 0.938. The lowest BCUT2D eigenvalue weighted by atomic mass is 9.32. The van der Waals surface area contributed by atoms with Crippen LogP contribution in [0.5, 0.6) is 0 Å². The summed E-state index contributed by atoms with van der Waals surface area (Å²) in [6.45, 7) is 21.1. The zero-order chi connectivity index (χ0) is 25.8. The summed E-state index contributed by atoms with van der Waals surface area (Å²) >= 11 is 0. The number of rotatable bonds is 2. The Morgan fingerprint density at radius 2 is 1.54 bits per heavy atom. The summed E-state index contributed by atoms with van der Waals surface area (Å²) in [6, 6.07) is 0. The van der Waals surface area contributed by atoms with Gasteiger partial charge in [0.25, 0.3) is 0 Å². The second-order valence-electron chi connectivity index (χ2n) is 15.7. The van der Waals surface area contributed by atoms with Crippen LogP contribution in [-0.4, -0.2) is 17.9 Å². The summed E-state index contributed by atoms with van der Waals surface area (Å²) in [5.41, 5.74) is 0.763. The van der Waals surface area contributed by atoms with Crippen LogP contribution in [0.2, 0.25) is 0 Å². The first kappa shape index (κ1) is 25.8. The number of carbonyl (C=O) groups is 2. The number of ether oxygens (including phenoxy) is 1. The highest BCUT2D eigenvalue weighted by atomic mass is 16.5. The first-order valence-electron chi connectivity index (χ1n) is 14.8. The minimum atomic E-state index is -0.577. The standard InChI is InChI=1S/C32H52O3/c1-19(2)21-12-14-29(6)16-17-31(8)22(26(21)29)10-11-25-30(7)18-23(35-20(3)33)27(34)28(4,5)24(30)13-15-32(25,31)9/h19,21-26H,10-18H2,1-9H3/t21-,22+,23+,24-,25-,26+,29+,30-,31+,32-/m0/s1. The van der Waals surface area contributed by atoms with E-state index in [4.69, 9.17) is 4.74 Å². The molecule has 5 aliphatic carbocycles. The predicted octanol–water partition coefficient (Wildman–Crippen LogP) is 7.85. The van der Waals surface area contributed by atoms with E-state index in [-0.39, 0.29) is 22.6 Å². The molecular formula is C32H52O3. The van der Waals surface area contributed by atoms with Crippen molar-refractivity contribution >= 4 is 11.8 Å². The summed E-state index contributed by atoms with van der Waals surface area (Å²) < 4.78 is 5.72. The summed E-state index contributed by atoms with van der Waals surface area (Å²) in [4.78, 5) is 25.5. The molecule has 5 aliphatic rings. The number of ketones is 1. The van der Waals surface area contributed by atoms with Crippen molar-refractivity contribution < 1.29 is 14.3 Å². The van der Waals surface area contributed by atoms with Gasteiger partial charge in [-0.1, -0.05) is 55.4 Å². The molecule has 0 spiro atoms. The van der Waals surface area contributed by atoms with Crippen LogP contribution in [0.1, 0.15) is 120 Å². The second-order valence-corrected chi connectivity index (χ2v) is 15.7. The smallest absolute Gasteiger partial charge is 0.303 e. The van der Waals surface area contributed by atoms with E-state index in [0.29, 0.717) is 22.7 Å². The van der Waals surface area contributed by atoms with Gasteiger partial charge in [0.05, 0.1) is 0 Å². The van der Waals surface area contributed by atoms with E-state index in [1.54, 1.807) is 0 Å². The third-order valence-corrected chi connectivity index (χ3v) is 13.8. The lowest BCUT2D eigenvalue weighted by Crippen LogP contribution is -2.67. The number of hydrogen-bond acceptors (Lipinski definition) is 3. The van der Waals surface area contributed by atoms with E-state index in [9.17, 15) is 9.59 Å². The molecule has 0 heterocycles. The largest absolute Gasteiger partial charge is 0.455 e. The van der Waals surface area contributed by atoms with Crippen LogP contribution in [-0.2, 0) is 14.3 Å². The highest BCUT2D eigenvalue weighted by Gasteiger charge is 2.71. The average Bonchev–Trinajstić information content (AvgIpc) is 3.10. The molecule has 0 aromatic rings. The van der Waals surface area contributed by atoms with Crippen molar-refractivity contribution in [1.29, 1.82) is 0 Å². The van der Waals surface area contributed by atoms with Crippen molar-refractivity contribution in [1.82, 2.24) is 0 Å². The summed E-state index contributed by atoms with van der Waals surface area (Å²) in [6.07, 6.45) is 10.7. The molecule has 0 unspecified atom stereocenters. The quantitative estimate of drug-likeness (QED) is 0.375. The van der Waals surface area contributed by atoms with Gasteiger partial charge in [-0.2, -0.15) is 0 Å². The molecule has 35 heavy (non-hydrogen) atoms. The van der Waals surface area contributed by atoms with Gasteiger partial charge < -0.3 is 4.74 Å². The molecule has 5 rings (SSSR count). The van der Waals surface area contributed by atoms with Gasteiger partial charge in [-0.25, -0.2) is 0 Å². The predicted molar refractivity (Wildman–Crippen MR) is 141 cm³/mol. The fourth-order valence-electron chi connectivity index (χ4n) is 12.0. The fourth-order valence-corrected chi connectivity index (χ4v) is 12.0. The molecule has 0 aromatic heterocycles. The second kappa shape index (κ2) is 7.83. The molecule has 0 saturated heterocycles. The Labute approximate surface area is 214 Å². The lowest BCUT2D eigenvalue weighted by molar-refractivity contribution is -0.242. The van der Waals surface area contributed by atoms with Gasteiger partial charge in [0.2, 0.25) is 0 Å². The molecule has 0 aliphatic heterocycles. The molecule has 0 N–H and O–H groups in total. The Bertz CT molecular complexity index is 904. The summed E-state index contributed by atoms with van der Waals surface area (Å²) in [5, 5.41) is 0. The van der Waals surface area contributed by atoms with Crippen LogP contribution < -0.4 is 0 Å². The zero-order valence-electron chi connectivity index (χ0n) is 24.1. The van der Waals surface area contributed by atoms with Gasteiger partial charge in [-0.05, 0) is 115 Å². The normalized spacial score (nSPS) is 52.8. The van der Waals surface area contributed by atoms with Crippen molar-refractivity contribution in [3.8, 4) is 0 Å². The van der Waals surface area contributed by atoms with Gasteiger partial charge in [-0.3, -0.25) is 9.59 Å². The van der Waals surface area contributed by atoms with Crippen molar-refractivity contribution in [3.63, 3.8) is 0 Å². The Morgan fingerprint density at radius 3 is 2.17 bits per heavy atom. The molecular weight excluding hydrogens is 432 g/mol. The van der Waals surface area contributed by atoms with Gasteiger partial charge in [-0.15, -0.1) is 0 Å². The molecule has 0 radical (unpaired) electrons. The minimum Gasteiger partial charge on any atom is -0.455 e. The van der Waals surface area contributed by atoms with Crippen LogP contribution in [0.4, 0.5) is 0 Å². The molecule has 0 amide bonds. The third kappa shape index (κ3) is 3.27. The molecule has 3 heteroatoms. The summed E-state index contributed by atoms with van der Waals surface area (Å²) in [5.74, 6) is 4.12. The number of hydrogen-bond donors (Lipinski definition) is 0. The monoisotopic (exact) mass is 484 g/mol. The SMILES string of the molecule is CC(=O)O[C@@H]1C[C@@]2(C)[C@@H](CC[C@@]3(C)[C@H]2CC[C@@H]2[C@H]4[C@H](C(C)C)CC[C@]4(C)CC[C@]23C)C(C)(C)C1=O. The molecule has 5 fully saturated rings. The maximum absolute atomic E-state index is 13.5. The zero-order valence-corrected chi connectivity index (χ0v) is 24.1. The highest BCUT2D eigenvalue weighted by Crippen LogP contribution is 2.77. The van der Waals surface area contributed by atoms with Gasteiger partial charge >= 0.3 is 5.97 Å². The van der Waals surface area contributed by atoms with E-state index in [0.717, 1.165) is 36.5 Å². The number of esters is 1. The molecule has 5 saturated carbocycles. The number of carbonyl (C=O) groups excluding carboxylic acids is 2. The Kier molecular flexibility index (Phi) is 5.76. The molecule has 0 aromatic carbocycles. The summed E-state index contributed by atoms with van der Waals surface area (Å²) in [7, 11) is 0. The first-order chi connectivity index (χ1) is 16.1. The third-order valence-electron chi connectivity index (χ3n) is 13.8. The Hall–Kier alpha value is -0.860. The van der Waals surface area contributed by atoms with Gasteiger partial charge in [0.1, 0.15) is 0 Å². The topological polar surface area (TPSA) is 43.4 Å². The highest BCUT2D eigenvalue weighted by molar-refractivity contribution is 5.91. The Morgan fingerprint density at radius 1 is 0.857 bits per heavy atom. The lowest BCUT2D eigenvalue weighted by Gasteiger charge is -2.72. The molecule has 0 bridgehead atoms. The van der Waals surface area contributed by atoms with Gasteiger partial charge in [0.15, 0.2) is 11.9 Å². The van der Waals surface area contributed by atoms with Crippen molar-refractivity contribution in [2.45, 2.75) is 126 Å².